The van der Waals surface area contributed by atoms with Crippen molar-refractivity contribution in [2.24, 2.45) is 0 Å². The molecule has 82 valence electrons. The maximum atomic E-state index is 5.49. The fourth-order valence-corrected chi connectivity index (χ4v) is 1.15. The zero-order valence-corrected chi connectivity index (χ0v) is 9.04. The fraction of sp³-hybridized carbons (Fsp3) is 0.182. The first-order chi connectivity index (χ1) is 7.78. The third kappa shape index (κ3) is 2.44. The molecule has 2 heterocycles. The second-order valence-electron chi connectivity index (χ2n) is 3.14. The van der Waals surface area contributed by atoms with Gasteiger partial charge in [0.15, 0.2) is 0 Å². The van der Waals surface area contributed by atoms with Crippen molar-refractivity contribution in [3.8, 4) is 17.5 Å². The molecule has 2 rings (SSSR count). The number of methoxy groups -OCH3 is 1. The van der Waals surface area contributed by atoms with Crippen molar-refractivity contribution in [3.63, 3.8) is 0 Å². The summed E-state index contributed by atoms with van der Waals surface area (Å²) in [5.74, 6) is 1.66. The van der Waals surface area contributed by atoms with E-state index in [0.29, 0.717) is 17.5 Å². The van der Waals surface area contributed by atoms with Crippen LogP contribution >= 0.6 is 0 Å². The molecular weight excluding hydrogens is 206 g/mol. The average molecular weight is 217 g/mol. The molecule has 0 aromatic carbocycles. The predicted molar refractivity (Wildman–Crippen MR) is 57.6 cm³/mol. The van der Waals surface area contributed by atoms with Crippen molar-refractivity contribution in [2.75, 3.05) is 7.11 Å². The Hall–Kier alpha value is -2.17. The van der Waals surface area contributed by atoms with E-state index in [1.807, 2.05) is 6.92 Å². The summed E-state index contributed by atoms with van der Waals surface area (Å²) in [6.07, 6.45) is 3.04. The number of nitrogens with zero attached hydrogens (tertiary/aromatic N) is 3. The molecule has 0 atom stereocenters. The summed E-state index contributed by atoms with van der Waals surface area (Å²) >= 11 is 0. The number of rotatable bonds is 3. The maximum Gasteiger partial charge on any atom is 0.222 e. The van der Waals surface area contributed by atoms with Gasteiger partial charge in [-0.1, -0.05) is 0 Å². The van der Waals surface area contributed by atoms with E-state index >= 15 is 0 Å². The van der Waals surface area contributed by atoms with Crippen LogP contribution in [-0.4, -0.2) is 22.1 Å². The van der Waals surface area contributed by atoms with Crippen molar-refractivity contribution in [1.29, 1.82) is 0 Å². The molecule has 0 bridgehead atoms. The minimum Gasteiger partial charge on any atom is -0.481 e. The molecular formula is C11H11N3O2. The van der Waals surface area contributed by atoms with Crippen LogP contribution < -0.4 is 9.47 Å². The van der Waals surface area contributed by atoms with Gasteiger partial charge in [-0.3, -0.25) is 0 Å². The quantitative estimate of drug-likeness (QED) is 0.786. The zero-order valence-electron chi connectivity index (χ0n) is 9.04. The highest BCUT2D eigenvalue weighted by atomic mass is 16.5. The Bertz CT molecular complexity index is 471. The molecule has 0 N–H and O–H groups in total. The standard InChI is InChI=1S/C11H11N3O2/c1-8-5-11(14-7-13-8)16-9-3-4-10(15-2)12-6-9/h3-7H,1-2H3. The largest absolute Gasteiger partial charge is 0.481 e. The number of hydrogen-bond acceptors (Lipinski definition) is 5. The van der Waals surface area contributed by atoms with Crippen molar-refractivity contribution in [3.05, 3.63) is 36.4 Å². The average Bonchev–Trinajstić information content (AvgIpc) is 2.30. The molecule has 0 unspecified atom stereocenters. The Balaban J connectivity index is 2.14. The van der Waals surface area contributed by atoms with Crippen LogP contribution in [0, 0.1) is 6.92 Å². The van der Waals surface area contributed by atoms with E-state index in [9.17, 15) is 0 Å². The van der Waals surface area contributed by atoms with Gasteiger partial charge in [0.05, 0.1) is 13.3 Å². The Morgan fingerprint density at radius 2 is 1.94 bits per heavy atom. The first kappa shape index (κ1) is 10.4. The topological polar surface area (TPSA) is 57.1 Å². The van der Waals surface area contributed by atoms with Crippen molar-refractivity contribution >= 4 is 0 Å². The van der Waals surface area contributed by atoms with E-state index in [1.165, 1.54) is 6.33 Å². The highest BCUT2D eigenvalue weighted by molar-refractivity contribution is 5.27. The Morgan fingerprint density at radius 1 is 1.06 bits per heavy atom. The van der Waals surface area contributed by atoms with Gasteiger partial charge in [-0.05, 0) is 13.0 Å². The molecule has 0 saturated heterocycles. The number of pyridine rings is 1. The van der Waals surface area contributed by atoms with Gasteiger partial charge in [-0.25, -0.2) is 15.0 Å². The molecule has 0 aliphatic carbocycles. The van der Waals surface area contributed by atoms with Gasteiger partial charge in [-0.15, -0.1) is 0 Å². The minimum atomic E-state index is 0.500. The van der Waals surface area contributed by atoms with Gasteiger partial charge in [0.2, 0.25) is 11.8 Å². The van der Waals surface area contributed by atoms with Crippen LogP contribution in [0.3, 0.4) is 0 Å². The monoisotopic (exact) mass is 217 g/mol. The normalized spacial score (nSPS) is 9.88. The molecule has 16 heavy (non-hydrogen) atoms. The van der Waals surface area contributed by atoms with Crippen LogP contribution in [0.25, 0.3) is 0 Å². The van der Waals surface area contributed by atoms with E-state index in [2.05, 4.69) is 15.0 Å². The van der Waals surface area contributed by atoms with E-state index in [1.54, 1.807) is 31.5 Å². The summed E-state index contributed by atoms with van der Waals surface area (Å²) in [6, 6.07) is 5.25. The first-order valence-corrected chi connectivity index (χ1v) is 4.74. The van der Waals surface area contributed by atoms with Gasteiger partial charge in [0.1, 0.15) is 12.1 Å². The fourth-order valence-electron chi connectivity index (χ4n) is 1.15. The number of ether oxygens (including phenoxy) is 2. The van der Waals surface area contributed by atoms with Gasteiger partial charge in [0.25, 0.3) is 0 Å². The molecule has 0 amide bonds. The van der Waals surface area contributed by atoms with E-state index in [-0.39, 0.29) is 0 Å². The molecule has 2 aromatic rings. The van der Waals surface area contributed by atoms with Crippen LogP contribution in [0.2, 0.25) is 0 Å². The molecule has 0 radical (unpaired) electrons. The van der Waals surface area contributed by atoms with E-state index in [0.717, 1.165) is 5.69 Å². The van der Waals surface area contributed by atoms with Crippen LogP contribution in [0.4, 0.5) is 0 Å². The van der Waals surface area contributed by atoms with E-state index in [4.69, 9.17) is 9.47 Å². The van der Waals surface area contributed by atoms with Crippen LogP contribution in [0.5, 0.6) is 17.5 Å². The smallest absolute Gasteiger partial charge is 0.222 e. The second kappa shape index (κ2) is 4.57. The molecule has 5 nitrogen and oxygen atoms in total. The maximum absolute atomic E-state index is 5.49. The summed E-state index contributed by atoms with van der Waals surface area (Å²) in [6.45, 7) is 1.88. The number of hydrogen-bond donors (Lipinski definition) is 0. The number of aryl methyl sites for hydroxylation is 1. The summed E-state index contributed by atoms with van der Waals surface area (Å²) in [4.78, 5) is 12.0. The predicted octanol–water partition coefficient (Wildman–Crippen LogP) is 1.98. The Morgan fingerprint density at radius 3 is 2.56 bits per heavy atom. The summed E-state index contributed by atoms with van der Waals surface area (Å²) in [7, 11) is 1.57. The molecule has 5 heteroatoms. The Labute approximate surface area is 93.1 Å². The lowest BCUT2D eigenvalue weighted by Crippen LogP contribution is -1.92. The van der Waals surface area contributed by atoms with Crippen molar-refractivity contribution < 1.29 is 9.47 Å². The zero-order chi connectivity index (χ0) is 11.4. The van der Waals surface area contributed by atoms with Crippen LogP contribution in [0.15, 0.2) is 30.7 Å². The Kier molecular flexibility index (Phi) is 2.95. The molecule has 2 aromatic heterocycles. The molecule has 0 saturated carbocycles. The minimum absolute atomic E-state index is 0.500. The molecule has 0 fully saturated rings. The van der Waals surface area contributed by atoms with E-state index < -0.39 is 0 Å². The summed E-state index contributed by atoms with van der Waals surface area (Å²) in [5, 5.41) is 0. The lowest BCUT2D eigenvalue weighted by Gasteiger charge is -2.04. The lowest BCUT2D eigenvalue weighted by molar-refractivity contribution is 0.394. The summed E-state index contributed by atoms with van der Waals surface area (Å²) < 4.78 is 10.4. The van der Waals surface area contributed by atoms with Gasteiger partial charge in [-0.2, -0.15) is 0 Å². The molecule has 0 aliphatic heterocycles. The van der Waals surface area contributed by atoms with Crippen molar-refractivity contribution in [2.45, 2.75) is 6.92 Å². The SMILES string of the molecule is COc1ccc(Oc2cc(C)ncn2)cn1. The van der Waals surface area contributed by atoms with Crippen LogP contribution in [0.1, 0.15) is 5.69 Å². The van der Waals surface area contributed by atoms with Crippen molar-refractivity contribution in [1.82, 2.24) is 15.0 Å². The van der Waals surface area contributed by atoms with Gasteiger partial charge < -0.3 is 9.47 Å². The highest BCUT2D eigenvalue weighted by Gasteiger charge is 2.00. The summed E-state index contributed by atoms with van der Waals surface area (Å²) in [5.41, 5.74) is 0.853. The third-order valence-corrected chi connectivity index (χ3v) is 1.92. The van der Waals surface area contributed by atoms with Crippen LogP contribution in [-0.2, 0) is 0 Å². The number of aromatic nitrogens is 3. The molecule has 0 spiro atoms. The third-order valence-electron chi connectivity index (χ3n) is 1.92. The van der Waals surface area contributed by atoms with Gasteiger partial charge in [0, 0.05) is 17.8 Å². The first-order valence-electron chi connectivity index (χ1n) is 4.74. The van der Waals surface area contributed by atoms with Gasteiger partial charge >= 0.3 is 0 Å². The molecule has 0 aliphatic rings. The highest BCUT2D eigenvalue weighted by Crippen LogP contribution is 2.19. The lowest BCUT2D eigenvalue weighted by atomic mass is 10.4. The second-order valence-corrected chi connectivity index (χ2v) is 3.14.